The third-order valence-corrected chi connectivity index (χ3v) is 6.79. The van der Waals surface area contributed by atoms with Crippen molar-refractivity contribution in [2.45, 2.75) is 43.8 Å². The van der Waals surface area contributed by atoms with Crippen molar-refractivity contribution in [1.29, 1.82) is 0 Å². The summed E-state index contributed by atoms with van der Waals surface area (Å²) in [5, 5.41) is 0. The highest BCUT2D eigenvalue weighted by Crippen LogP contribution is 2.49. The van der Waals surface area contributed by atoms with Crippen LogP contribution in [0.4, 0.5) is 0 Å². The molecule has 0 amide bonds. The van der Waals surface area contributed by atoms with E-state index >= 15 is 0 Å². The lowest BCUT2D eigenvalue weighted by atomic mass is 9.99. The smallest absolute Gasteiger partial charge is 0.316 e. The maximum Gasteiger partial charge on any atom is 0.316 e. The zero-order valence-electron chi connectivity index (χ0n) is 10.7. The molecule has 1 heterocycles. The van der Waals surface area contributed by atoms with Gasteiger partial charge in [0.15, 0.2) is 0 Å². The lowest BCUT2D eigenvalue weighted by Crippen LogP contribution is -2.15. The number of unbranched alkanes of at least 4 members (excludes halogenated alkanes) is 1. The first-order chi connectivity index (χ1) is 7.81. The van der Waals surface area contributed by atoms with E-state index in [0.717, 1.165) is 12.8 Å². The van der Waals surface area contributed by atoms with Crippen LogP contribution in [0.3, 0.4) is 0 Å². The van der Waals surface area contributed by atoms with E-state index in [0.29, 0.717) is 11.2 Å². The Balaban J connectivity index is 2.10. The summed E-state index contributed by atoms with van der Waals surface area (Å²) in [6, 6.07) is 0. The normalized spacial score (nSPS) is 25.9. The fraction of sp³-hybridized carbons (Fsp3) is 0.909. The Morgan fingerprint density at radius 3 is 2.71 bits per heavy atom. The average Bonchev–Trinajstić information content (AvgIpc) is 2.58. The molecule has 0 spiro atoms. The molecule has 0 radical (unpaired) electrons. The highest BCUT2D eigenvalue weighted by molar-refractivity contribution is 8.85. The molecule has 0 saturated carbocycles. The Kier molecular flexibility index (Phi) is 6.44. The van der Waals surface area contributed by atoms with Crippen molar-refractivity contribution >= 4 is 48.6 Å². The van der Waals surface area contributed by atoms with Gasteiger partial charge >= 0.3 is 5.97 Å². The predicted molar refractivity (Wildman–Crippen MR) is 86.1 cm³/mol. The Morgan fingerprint density at radius 1 is 1.47 bits per heavy atom. The van der Waals surface area contributed by atoms with Crippen LogP contribution in [0.5, 0.6) is 0 Å². The summed E-state index contributed by atoms with van der Waals surface area (Å²) in [7, 11) is 2.53. The Hall–Kier alpha value is 0.870. The maximum atomic E-state index is 11.5. The standard InChI is InChI=1S/C11H22O2S4/c1-11(8-9-15-16-11)7-5-4-6-10(12)13-17(2,3)14/h14H,4-9H2,1-3H3. The van der Waals surface area contributed by atoms with Crippen LogP contribution in [0.15, 0.2) is 0 Å². The van der Waals surface area contributed by atoms with Crippen molar-refractivity contribution in [2.75, 3.05) is 18.3 Å². The first-order valence-corrected chi connectivity index (χ1v) is 11.5. The monoisotopic (exact) mass is 314 g/mol. The van der Waals surface area contributed by atoms with E-state index in [4.69, 9.17) is 4.18 Å². The fourth-order valence-corrected chi connectivity index (χ4v) is 5.77. The van der Waals surface area contributed by atoms with Gasteiger partial charge in [-0.15, -0.1) is 0 Å². The molecular formula is C11H22O2S4. The van der Waals surface area contributed by atoms with Crippen molar-refractivity contribution in [2.24, 2.45) is 0 Å². The number of thiol groups is 1. The summed E-state index contributed by atoms with van der Waals surface area (Å²) in [4.78, 5) is 11.5. The molecule has 0 bridgehead atoms. The summed E-state index contributed by atoms with van der Waals surface area (Å²) in [5.41, 5.74) is 0. The SMILES string of the molecule is CC1(CCCCC(=O)OS(C)(C)S)CCSS1. The second-order valence-electron chi connectivity index (χ2n) is 4.95. The van der Waals surface area contributed by atoms with Gasteiger partial charge in [0.2, 0.25) is 0 Å². The molecule has 1 atom stereocenters. The van der Waals surface area contributed by atoms with Gasteiger partial charge in [0.05, 0.1) is 0 Å². The van der Waals surface area contributed by atoms with E-state index in [1.807, 2.05) is 34.1 Å². The molecule has 2 nitrogen and oxygen atoms in total. The topological polar surface area (TPSA) is 26.3 Å². The van der Waals surface area contributed by atoms with Gasteiger partial charge in [-0.05, 0) is 35.5 Å². The number of hydrogen-bond donors (Lipinski definition) is 1. The van der Waals surface area contributed by atoms with Crippen LogP contribution in [0, 0.1) is 0 Å². The van der Waals surface area contributed by atoms with Crippen molar-refractivity contribution in [3.8, 4) is 0 Å². The van der Waals surface area contributed by atoms with Crippen molar-refractivity contribution < 1.29 is 8.98 Å². The summed E-state index contributed by atoms with van der Waals surface area (Å²) in [5.74, 6) is 1.17. The van der Waals surface area contributed by atoms with E-state index in [9.17, 15) is 4.79 Å². The summed E-state index contributed by atoms with van der Waals surface area (Å²) in [6.45, 7) is 2.33. The molecule has 0 N–H and O–H groups in total. The zero-order chi connectivity index (χ0) is 12.9. The molecular weight excluding hydrogens is 292 g/mol. The van der Waals surface area contributed by atoms with Crippen LogP contribution in [-0.2, 0) is 8.98 Å². The number of hydrogen-bond acceptors (Lipinski definition) is 5. The van der Waals surface area contributed by atoms with E-state index in [-0.39, 0.29) is 5.97 Å². The molecule has 0 aliphatic carbocycles. The minimum atomic E-state index is -1.45. The van der Waals surface area contributed by atoms with Crippen molar-refractivity contribution in [3.05, 3.63) is 0 Å². The Labute approximate surface area is 119 Å². The summed E-state index contributed by atoms with van der Waals surface area (Å²) in [6.07, 6.45) is 8.80. The first kappa shape index (κ1) is 15.9. The van der Waals surface area contributed by atoms with Gasteiger partial charge in [0.25, 0.3) is 0 Å². The van der Waals surface area contributed by atoms with E-state index < -0.39 is 9.34 Å². The van der Waals surface area contributed by atoms with Crippen LogP contribution >= 0.6 is 42.6 Å². The molecule has 0 aromatic heterocycles. The van der Waals surface area contributed by atoms with Gasteiger partial charge in [-0.1, -0.05) is 39.7 Å². The molecule has 6 heteroatoms. The van der Waals surface area contributed by atoms with Gasteiger partial charge in [-0.2, -0.15) is 0 Å². The zero-order valence-corrected chi connectivity index (χ0v) is 14.1. The second-order valence-corrected chi connectivity index (χ2v) is 13.1. The number of carbonyl (C=O) groups excluding carboxylic acids is 1. The van der Waals surface area contributed by atoms with E-state index in [1.54, 1.807) is 0 Å². The number of rotatable bonds is 6. The predicted octanol–water partition coefficient (Wildman–Crippen LogP) is 4.46. The largest absolute Gasteiger partial charge is 0.406 e. The lowest BCUT2D eigenvalue weighted by molar-refractivity contribution is -0.133. The molecule has 1 aliphatic heterocycles. The summed E-state index contributed by atoms with van der Waals surface area (Å²) < 4.78 is 5.67. The molecule has 1 aliphatic rings. The third kappa shape index (κ3) is 7.13. The molecule has 1 unspecified atom stereocenters. The van der Waals surface area contributed by atoms with Gasteiger partial charge in [-0.25, -0.2) is 0 Å². The minimum absolute atomic E-state index is 0.0985. The molecule has 1 rings (SSSR count). The Bertz CT molecular complexity index is 257. The molecule has 1 fully saturated rings. The molecule has 0 aromatic carbocycles. The van der Waals surface area contributed by atoms with Crippen molar-refractivity contribution in [1.82, 2.24) is 0 Å². The van der Waals surface area contributed by atoms with Gasteiger partial charge in [-0.3, -0.25) is 4.79 Å². The molecule has 102 valence electrons. The fourth-order valence-electron chi connectivity index (χ4n) is 1.69. The van der Waals surface area contributed by atoms with Crippen LogP contribution < -0.4 is 0 Å². The van der Waals surface area contributed by atoms with Gasteiger partial charge in [0.1, 0.15) is 0 Å². The molecule has 0 aromatic rings. The van der Waals surface area contributed by atoms with Crippen molar-refractivity contribution in [3.63, 3.8) is 0 Å². The quantitative estimate of drug-likeness (QED) is 0.445. The summed E-state index contributed by atoms with van der Waals surface area (Å²) >= 11 is 4.26. The van der Waals surface area contributed by atoms with Gasteiger partial charge in [0, 0.05) is 29.4 Å². The maximum absolute atomic E-state index is 11.5. The van der Waals surface area contributed by atoms with E-state index in [2.05, 4.69) is 18.6 Å². The highest BCUT2D eigenvalue weighted by Gasteiger charge is 2.29. The van der Waals surface area contributed by atoms with Crippen LogP contribution in [0.1, 0.15) is 39.0 Å². The van der Waals surface area contributed by atoms with Crippen LogP contribution in [0.2, 0.25) is 0 Å². The first-order valence-electron chi connectivity index (χ1n) is 5.79. The molecule has 1 saturated heterocycles. The highest BCUT2D eigenvalue weighted by atomic mass is 33.1. The van der Waals surface area contributed by atoms with E-state index in [1.165, 1.54) is 18.6 Å². The van der Waals surface area contributed by atoms with Gasteiger partial charge < -0.3 is 4.18 Å². The second kappa shape index (κ2) is 6.87. The minimum Gasteiger partial charge on any atom is -0.406 e. The van der Waals surface area contributed by atoms with Crippen LogP contribution in [-0.4, -0.2) is 29.0 Å². The molecule has 17 heavy (non-hydrogen) atoms. The third-order valence-electron chi connectivity index (χ3n) is 2.61. The van der Waals surface area contributed by atoms with Crippen LogP contribution in [0.25, 0.3) is 0 Å². The average molecular weight is 315 g/mol. The Morgan fingerprint density at radius 2 is 2.18 bits per heavy atom. The lowest BCUT2D eigenvalue weighted by Gasteiger charge is -2.24. The number of carbonyl (C=O) groups is 1.